The summed E-state index contributed by atoms with van der Waals surface area (Å²) < 4.78 is 0. The van der Waals surface area contributed by atoms with Crippen LogP contribution in [0.1, 0.15) is 27.2 Å². The maximum Gasteiger partial charge on any atom is 0.337 e. The van der Waals surface area contributed by atoms with Gasteiger partial charge < -0.3 is 19.4 Å². The quantitative estimate of drug-likeness (QED) is 0.323. The van der Waals surface area contributed by atoms with E-state index in [-0.39, 0.29) is 19.5 Å². The largest absolute Gasteiger partial charge is 0.373 e. The first-order chi connectivity index (χ1) is 11.3. The molecule has 2 unspecified atom stereocenters. The van der Waals surface area contributed by atoms with E-state index in [2.05, 4.69) is 14.5 Å². The van der Waals surface area contributed by atoms with Crippen molar-refractivity contribution >= 4 is 23.8 Å². The Morgan fingerprint density at radius 3 is 1.62 bits per heavy atom. The van der Waals surface area contributed by atoms with E-state index in [4.69, 9.17) is 17.7 Å². The average molecular weight is 348 g/mol. The maximum atomic E-state index is 12.6. The first kappa shape index (κ1) is 21.8. The Balaban J connectivity index is 6.09. The van der Waals surface area contributed by atoms with Crippen LogP contribution in [0.3, 0.4) is 0 Å². The van der Waals surface area contributed by atoms with Gasteiger partial charge in [-0.15, -0.1) is 0 Å². The van der Waals surface area contributed by atoms with E-state index >= 15 is 0 Å². The molecule has 0 aromatic rings. The highest BCUT2D eigenvalue weighted by Gasteiger charge is 2.49. The van der Waals surface area contributed by atoms with Crippen LogP contribution in [0.4, 0.5) is 0 Å². The molecule has 24 heavy (non-hydrogen) atoms. The van der Waals surface area contributed by atoms with E-state index < -0.39 is 41.6 Å². The topological polar surface area (TPSA) is 177 Å². The molecule has 0 aromatic heterocycles. The predicted octanol–water partition coefficient (Wildman–Crippen LogP) is -1.64. The second-order valence-corrected chi connectivity index (χ2v) is 4.84. The van der Waals surface area contributed by atoms with Gasteiger partial charge in [-0.25, -0.2) is 4.79 Å². The summed E-state index contributed by atoms with van der Waals surface area (Å²) in [6, 6.07) is 0. The summed E-state index contributed by atoms with van der Waals surface area (Å²) in [6.45, 7) is 5.39. The zero-order valence-electron chi connectivity index (χ0n) is 13.9. The van der Waals surface area contributed by atoms with Crippen LogP contribution >= 0.6 is 0 Å². The Morgan fingerprint density at radius 2 is 1.29 bits per heavy atom. The fourth-order valence-electron chi connectivity index (χ4n) is 2.47. The van der Waals surface area contributed by atoms with Crippen LogP contribution in [0.15, 0.2) is 0 Å². The lowest BCUT2D eigenvalue weighted by molar-refractivity contribution is -0.174. The number of amides is 1. The third-order valence-corrected chi connectivity index (χ3v) is 3.75. The second-order valence-electron chi connectivity index (χ2n) is 4.84. The number of hydrogen-bond acceptors (Lipinski definition) is 10. The van der Waals surface area contributed by atoms with Crippen molar-refractivity contribution in [1.82, 2.24) is 4.90 Å². The molecule has 0 aliphatic rings. The van der Waals surface area contributed by atoms with Crippen molar-refractivity contribution in [3.63, 3.8) is 0 Å². The van der Waals surface area contributed by atoms with E-state index in [1.165, 1.54) is 11.8 Å². The monoisotopic (exact) mass is 348 g/mol. The highest BCUT2D eigenvalue weighted by atomic mass is 16.7. The smallest absolute Gasteiger partial charge is 0.337 e. The first-order valence-corrected chi connectivity index (χ1v) is 7.34. The molecule has 0 aromatic carbocycles. The minimum absolute atomic E-state index is 0.0235. The SMILES string of the molecule is CC[C@@H](C(=O)ON)C(C(=O)ON)C(C(=O)ON)C(=O)N(CC)CC. The average Bonchev–Trinajstić information content (AvgIpc) is 2.60. The zero-order valence-corrected chi connectivity index (χ0v) is 13.9. The third kappa shape index (κ3) is 4.88. The van der Waals surface area contributed by atoms with Crippen LogP contribution in [-0.2, 0) is 33.7 Å². The summed E-state index contributed by atoms with van der Waals surface area (Å²) in [5.74, 6) is 5.92. The van der Waals surface area contributed by atoms with Gasteiger partial charge in [0, 0.05) is 13.1 Å². The fraction of sp³-hybridized carbons (Fsp3) is 0.692. The molecular weight excluding hydrogens is 324 g/mol. The summed E-state index contributed by atoms with van der Waals surface area (Å²) in [4.78, 5) is 62.3. The molecule has 0 aliphatic heterocycles. The number of nitrogens with two attached hydrogens (primary N) is 3. The van der Waals surface area contributed by atoms with Crippen molar-refractivity contribution in [2.75, 3.05) is 13.1 Å². The molecule has 0 radical (unpaired) electrons. The summed E-state index contributed by atoms with van der Waals surface area (Å²) in [5.41, 5.74) is 0. The summed E-state index contributed by atoms with van der Waals surface area (Å²) in [7, 11) is 0. The van der Waals surface area contributed by atoms with Crippen molar-refractivity contribution in [3.05, 3.63) is 0 Å². The lowest BCUT2D eigenvalue weighted by Crippen LogP contribution is -2.50. The zero-order chi connectivity index (χ0) is 18.9. The molecule has 0 aliphatic carbocycles. The molecule has 1 amide bonds. The van der Waals surface area contributed by atoms with Gasteiger partial charge in [-0.3, -0.25) is 14.4 Å². The highest BCUT2D eigenvalue weighted by Crippen LogP contribution is 2.29. The second kappa shape index (κ2) is 10.5. The van der Waals surface area contributed by atoms with Gasteiger partial charge in [0.25, 0.3) is 0 Å². The van der Waals surface area contributed by atoms with Crippen LogP contribution in [0.2, 0.25) is 0 Å². The van der Waals surface area contributed by atoms with Gasteiger partial charge in [-0.1, -0.05) is 6.92 Å². The molecule has 0 bridgehead atoms. The molecule has 11 nitrogen and oxygen atoms in total. The van der Waals surface area contributed by atoms with Crippen LogP contribution in [-0.4, -0.2) is 41.8 Å². The normalized spacial score (nSPS) is 14.1. The maximum absolute atomic E-state index is 12.6. The fourth-order valence-corrected chi connectivity index (χ4v) is 2.47. The Kier molecular flexibility index (Phi) is 9.54. The van der Waals surface area contributed by atoms with Crippen molar-refractivity contribution in [2.24, 2.45) is 35.4 Å². The standard InChI is InChI=1S/C13H24N4O7/c1-4-7(11(19)22-14)8(12(20)23-15)9(13(21)24-16)10(18)17(5-2)6-3/h7-9H,4-6,14-16H2,1-3H3/t7-,8?,9?/m1/s1. The van der Waals surface area contributed by atoms with Crippen LogP contribution in [0.25, 0.3) is 0 Å². The molecule has 0 heterocycles. The Bertz CT molecular complexity index is 467. The molecule has 6 N–H and O–H groups in total. The van der Waals surface area contributed by atoms with E-state index in [9.17, 15) is 19.2 Å². The summed E-state index contributed by atoms with van der Waals surface area (Å²) in [6.07, 6.45) is 0.0235. The van der Waals surface area contributed by atoms with E-state index in [0.29, 0.717) is 0 Å². The van der Waals surface area contributed by atoms with Crippen LogP contribution in [0, 0.1) is 17.8 Å². The summed E-state index contributed by atoms with van der Waals surface area (Å²) in [5, 5.41) is 0. The molecule has 11 heteroatoms. The highest BCUT2D eigenvalue weighted by molar-refractivity contribution is 6.02. The molecule has 0 saturated heterocycles. The Morgan fingerprint density at radius 1 is 0.833 bits per heavy atom. The van der Waals surface area contributed by atoms with Crippen LogP contribution < -0.4 is 17.7 Å². The van der Waals surface area contributed by atoms with Crippen molar-refractivity contribution in [2.45, 2.75) is 27.2 Å². The molecule has 0 rings (SSSR count). The van der Waals surface area contributed by atoms with Gasteiger partial charge in [0.15, 0.2) is 5.92 Å². The van der Waals surface area contributed by atoms with E-state index in [1.807, 2.05) is 0 Å². The Labute approximate surface area is 139 Å². The summed E-state index contributed by atoms with van der Waals surface area (Å²) >= 11 is 0. The van der Waals surface area contributed by atoms with E-state index in [1.54, 1.807) is 13.8 Å². The number of nitrogens with zero attached hydrogens (tertiary/aromatic N) is 1. The molecular formula is C13H24N4O7. The number of hydrogen-bond donors (Lipinski definition) is 3. The molecule has 138 valence electrons. The molecule has 0 fully saturated rings. The number of rotatable bonds is 9. The molecule has 0 saturated carbocycles. The van der Waals surface area contributed by atoms with Crippen molar-refractivity contribution in [3.8, 4) is 0 Å². The van der Waals surface area contributed by atoms with Gasteiger partial charge in [-0.2, -0.15) is 17.7 Å². The molecule has 0 spiro atoms. The number of carbonyl (C=O) groups is 4. The van der Waals surface area contributed by atoms with Crippen molar-refractivity contribution in [1.29, 1.82) is 0 Å². The van der Waals surface area contributed by atoms with E-state index in [0.717, 1.165) is 0 Å². The lowest BCUT2D eigenvalue weighted by atomic mass is 9.79. The lowest BCUT2D eigenvalue weighted by Gasteiger charge is -2.30. The molecule has 3 atom stereocenters. The van der Waals surface area contributed by atoms with Gasteiger partial charge >= 0.3 is 17.9 Å². The Hall–Kier alpha value is -2.24. The minimum Gasteiger partial charge on any atom is -0.373 e. The van der Waals surface area contributed by atoms with Gasteiger partial charge in [0.05, 0.1) is 11.8 Å². The third-order valence-electron chi connectivity index (χ3n) is 3.75. The van der Waals surface area contributed by atoms with Gasteiger partial charge in [0.2, 0.25) is 5.91 Å². The minimum atomic E-state index is -1.73. The van der Waals surface area contributed by atoms with Crippen molar-refractivity contribution < 1.29 is 33.7 Å². The predicted molar refractivity (Wildman–Crippen MR) is 79.5 cm³/mol. The number of carbonyl (C=O) groups excluding carboxylic acids is 4. The first-order valence-electron chi connectivity index (χ1n) is 7.34. The van der Waals surface area contributed by atoms with Gasteiger partial charge in [0.1, 0.15) is 0 Å². The van der Waals surface area contributed by atoms with Gasteiger partial charge in [-0.05, 0) is 20.3 Å². The van der Waals surface area contributed by atoms with Crippen LogP contribution in [0.5, 0.6) is 0 Å².